The lowest BCUT2D eigenvalue weighted by Gasteiger charge is -2.09. The molecule has 6 nitrogen and oxygen atoms in total. The van der Waals surface area contributed by atoms with E-state index in [0.29, 0.717) is 23.7 Å². The molecule has 0 unspecified atom stereocenters. The van der Waals surface area contributed by atoms with E-state index in [2.05, 4.69) is 15.7 Å². The number of nitrogen functional groups attached to an aromatic ring is 1. The normalized spacial score (nSPS) is 10.1. The summed E-state index contributed by atoms with van der Waals surface area (Å²) in [5.41, 5.74) is 4.45. The molecule has 6 heteroatoms. The van der Waals surface area contributed by atoms with E-state index in [0.717, 1.165) is 5.56 Å². The van der Waals surface area contributed by atoms with Gasteiger partial charge in [-0.15, -0.1) is 0 Å². The minimum absolute atomic E-state index is 0.277. The Kier molecular flexibility index (Phi) is 4.65. The van der Waals surface area contributed by atoms with E-state index in [1.807, 2.05) is 24.3 Å². The van der Waals surface area contributed by atoms with Crippen LogP contribution in [0.5, 0.6) is 0 Å². The number of hydrazine groups is 1. The van der Waals surface area contributed by atoms with Gasteiger partial charge in [0.05, 0.1) is 12.2 Å². The van der Waals surface area contributed by atoms with Crippen LogP contribution in [-0.4, -0.2) is 18.0 Å². The molecular weight excluding hydrogens is 256 g/mol. The molecule has 20 heavy (non-hydrogen) atoms. The number of aromatic nitrogens is 1. The molecular formula is C14H16N4O2. The zero-order valence-corrected chi connectivity index (χ0v) is 11.1. The molecule has 1 amide bonds. The van der Waals surface area contributed by atoms with Crippen molar-refractivity contribution in [1.29, 1.82) is 0 Å². The summed E-state index contributed by atoms with van der Waals surface area (Å²) < 4.78 is 5.06. The fraction of sp³-hybridized carbons (Fsp3) is 0.143. The van der Waals surface area contributed by atoms with Crippen LogP contribution in [0.1, 0.15) is 15.9 Å². The third-order valence-electron chi connectivity index (χ3n) is 2.68. The summed E-state index contributed by atoms with van der Waals surface area (Å²) in [6.07, 6.45) is 1.56. The molecule has 0 radical (unpaired) electrons. The first-order chi connectivity index (χ1) is 9.74. The Hall–Kier alpha value is -2.44. The van der Waals surface area contributed by atoms with E-state index < -0.39 is 0 Å². The fourth-order valence-electron chi connectivity index (χ4n) is 1.81. The Morgan fingerprint density at radius 1 is 1.35 bits per heavy atom. The quantitative estimate of drug-likeness (QED) is 0.570. The minimum Gasteiger partial charge on any atom is -0.380 e. The number of rotatable bonds is 5. The van der Waals surface area contributed by atoms with Crippen molar-refractivity contribution in [2.45, 2.75) is 6.61 Å². The molecule has 1 aromatic heterocycles. The Balaban J connectivity index is 2.17. The first-order valence-corrected chi connectivity index (χ1v) is 6.05. The molecule has 2 rings (SSSR count). The molecule has 2 aromatic rings. The van der Waals surface area contributed by atoms with Gasteiger partial charge in [0.25, 0.3) is 5.91 Å². The Bertz CT molecular complexity index is 601. The predicted molar refractivity (Wildman–Crippen MR) is 77.2 cm³/mol. The smallest absolute Gasteiger partial charge is 0.259 e. The molecule has 1 aromatic carbocycles. The first kappa shape index (κ1) is 14.0. The molecule has 0 aliphatic rings. The van der Waals surface area contributed by atoms with Gasteiger partial charge < -0.3 is 15.5 Å². The van der Waals surface area contributed by atoms with Crippen LogP contribution >= 0.6 is 0 Å². The van der Waals surface area contributed by atoms with Crippen LogP contribution in [0.4, 0.5) is 11.5 Å². The molecule has 0 spiro atoms. The zero-order chi connectivity index (χ0) is 14.4. The van der Waals surface area contributed by atoms with Crippen LogP contribution in [0.3, 0.4) is 0 Å². The lowest BCUT2D eigenvalue weighted by molar-refractivity contribution is 0.102. The number of nitrogens with zero attached hydrogens (tertiary/aromatic N) is 1. The summed E-state index contributed by atoms with van der Waals surface area (Å²) in [6, 6.07) is 10.8. The van der Waals surface area contributed by atoms with Gasteiger partial charge in [-0.1, -0.05) is 12.1 Å². The van der Waals surface area contributed by atoms with Gasteiger partial charge in [-0.2, -0.15) is 0 Å². The van der Waals surface area contributed by atoms with E-state index in [1.54, 1.807) is 25.4 Å². The van der Waals surface area contributed by atoms with E-state index in [1.165, 1.54) is 0 Å². The molecule has 0 saturated carbocycles. The van der Waals surface area contributed by atoms with Crippen molar-refractivity contribution in [3.8, 4) is 0 Å². The van der Waals surface area contributed by atoms with E-state index in [4.69, 9.17) is 10.6 Å². The van der Waals surface area contributed by atoms with Crippen molar-refractivity contribution in [3.05, 3.63) is 53.7 Å². The Morgan fingerprint density at radius 3 is 2.95 bits per heavy atom. The maximum Gasteiger partial charge on any atom is 0.259 e. The maximum absolute atomic E-state index is 12.2. The number of hydrogen-bond acceptors (Lipinski definition) is 5. The fourth-order valence-corrected chi connectivity index (χ4v) is 1.81. The van der Waals surface area contributed by atoms with Gasteiger partial charge in [-0.05, 0) is 29.8 Å². The summed E-state index contributed by atoms with van der Waals surface area (Å²) in [4.78, 5) is 16.2. The highest BCUT2D eigenvalue weighted by molar-refractivity contribution is 6.07. The number of carbonyl (C=O) groups excluding carboxylic acids is 1. The molecule has 0 atom stereocenters. The second kappa shape index (κ2) is 6.65. The largest absolute Gasteiger partial charge is 0.380 e. The van der Waals surface area contributed by atoms with Crippen LogP contribution in [0.2, 0.25) is 0 Å². The number of hydrogen-bond donors (Lipinski definition) is 3. The number of anilines is 2. The molecule has 0 aliphatic heterocycles. The van der Waals surface area contributed by atoms with Crippen molar-refractivity contribution in [3.63, 3.8) is 0 Å². The van der Waals surface area contributed by atoms with E-state index in [-0.39, 0.29) is 5.91 Å². The van der Waals surface area contributed by atoms with Gasteiger partial charge in [0.2, 0.25) is 0 Å². The van der Waals surface area contributed by atoms with Gasteiger partial charge in [0, 0.05) is 19.0 Å². The first-order valence-electron chi connectivity index (χ1n) is 6.05. The minimum atomic E-state index is -0.277. The summed E-state index contributed by atoms with van der Waals surface area (Å²) in [7, 11) is 1.63. The van der Waals surface area contributed by atoms with Crippen LogP contribution < -0.4 is 16.6 Å². The molecule has 1 heterocycles. The van der Waals surface area contributed by atoms with Crippen molar-refractivity contribution < 1.29 is 9.53 Å². The number of ether oxygens (including phenoxy) is 1. The van der Waals surface area contributed by atoms with Crippen LogP contribution in [0.25, 0.3) is 0 Å². The highest BCUT2D eigenvalue weighted by Crippen LogP contribution is 2.15. The summed E-state index contributed by atoms with van der Waals surface area (Å²) >= 11 is 0. The van der Waals surface area contributed by atoms with Crippen LogP contribution in [0.15, 0.2) is 42.6 Å². The molecule has 0 aliphatic carbocycles. The molecule has 4 N–H and O–H groups in total. The number of nitrogens with two attached hydrogens (primary N) is 1. The second-order valence-electron chi connectivity index (χ2n) is 4.13. The summed E-state index contributed by atoms with van der Waals surface area (Å²) in [5, 5.41) is 2.80. The van der Waals surface area contributed by atoms with Crippen molar-refractivity contribution in [2.75, 3.05) is 17.9 Å². The number of pyridine rings is 1. The van der Waals surface area contributed by atoms with Gasteiger partial charge in [-0.3, -0.25) is 4.79 Å². The summed E-state index contributed by atoms with van der Waals surface area (Å²) in [6.45, 7) is 0.492. The number of nitrogens with one attached hydrogen (secondary N) is 2. The monoisotopic (exact) mass is 272 g/mol. The molecule has 104 valence electrons. The standard InChI is InChI=1S/C14H16N4O2/c1-20-9-10-4-2-5-11(8-10)17-14(19)12-6-3-7-16-13(12)18-15/h2-8H,9,15H2,1H3,(H,16,18)(H,17,19). The van der Waals surface area contributed by atoms with Crippen LogP contribution in [0, 0.1) is 0 Å². The van der Waals surface area contributed by atoms with E-state index in [9.17, 15) is 4.79 Å². The lowest BCUT2D eigenvalue weighted by Crippen LogP contribution is -2.18. The highest BCUT2D eigenvalue weighted by atomic mass is 16.5. The van der Waals surface area contributed by atoms with Gasteiger partial charge in [-0.25, -0.2) is 10.8 Å². The number of benzene rings is 1. The average molecular weight is 272 g/mol. The van der Waals surface area contributed by atoms with Gasteiger partial charge >= 0.3 is 0 Å². The molecule has 0 fully saturated rings. The van der Waals surface area contributed by atoms with Crippen molar-refractivity contribution in [2.24, 2.45) is 5.84 Å². The van der Waals surface area contributed by atoms with E-state index >= 15 is 0 Å². The lowest BCUT2D eigenvalue weighted by atomic mass is 10.2. The third-order valence-corrected chi connectivity index (χ3v) is 2.68. The Morgan fingerprint density at radius 2 is 2.20 bits per heavy atom. The zero-order valence-electron chi connectivity index (χ0n) is 11.1. The topological polar surface area (TPSA) is 89.3 Å². The van der Waals surface area contributed by atoms with Crippen molar-refractivity contribution >= 4 is 17.4 Å². The average Bonchev–Trinajstić information content (AvgIpc) is 2.48. The SMILES string of the molecule is COCc1cccc(NC(=O)c2cccnc2NN)c1. The van der Waals surface area contributed by atoms with Crippen molar-refractivity contribution in [1.82, 2.24) is 4.98 Å². The third kappa shape index (κ3) is 3.31. The molecule has 0 saturated heterocycles. The van der Waals surface area contributed by atoms with Gasteiger partial charge in [0.1, 0.15) is 0 Å². The van der Waals surface area contributed by atoms with Crippen LogP contribution in [-0.2, 0) is 11.3 Å². The number of amides is 1. The Labute approximate surface area is 116 Å². The highest BCUT2D eigenvalue weighted by Gasteiger charge is 2.11. The predicted octanol–water partition coefficient (Wildman–Crippen LogP) is 1.77. The maximum atomic E-state index is 12.2. The summed E-state index contributed by atoms with van der Waals surface area (Å²) in [5.74, 6) is 5.39. The number of carbonyl (C=O) groups is 1. The van der Waals surface area contributed by atoms with Gasteiger partial charge in [0.15, 0.2) is 5.82 Å². The molecule has 0 bridgehead atoms. The second-order valence-corrected chi connectivity index (χ2v) is 4.13. The number of methoxy groups -OCH3 is 1.